The number of hydrogen-bond acceptors (Lipinski definition) is 7. The van der Waals surface area contributed by atoms with E-state index in [4.69, 9.17) is 13.9 Å². The summed E-state index contributed by atoms with van der Waals surface area (Å²) in [5, 5.41) is 7.00. The first-order chi connectivity index (χ1) is 14.9. The van der Waals surface area contributed by atoms with Crippen LogP contribution in [0.4, 0.5) is 5.95 Å². The average Bonchev–Trinajstić information content (AvgIpc) is 3.52. The molecule has 3 aromatic rings. The van der Waals surface area contributed by atoms with Gasteiger partial charge in [-0.15, -0.1) is 0 Å². The van der Waals surface area contributed by atoms with Crippen molar-refractivity contribution >= 4 is 5.95 Å². The number of benzene rings is 1. The number of aromatic nitrogens is 2. The molecule has 2 aliphatic rings. The Morgan fingerprint density at radius 2 is 1.77 bits per heavy atom. The summed E-state index contributed by atoms with van der Waals surface area (Å²) in [5.41, 5.74) is 2.12. The molecule has 30 heavy (non-hydrogen) atoms. The van der Waals surface area contributed by atoms with Crippen molar-refractivity contribution in [2.45, 2.75) is 37.1 Å². The highest BCUT2D eigenvalue weighted by Crippen LogP contribution is 2.29. The van der Waals surface area contributed by atoms with Gasteiger partial charge in [0, 0.05) is 6.20 Å². The predicted molar refractivity (Wildman–Crippen MR) is 113 cm³/mol. The molecule has 4 atom stereocenters. The van der Waals surface area contributed by atoms with Crippen LogP contribution in [0.5, 0.6) is 0 Å². The molecule has 0 spiro atoms. The lowest BCUT2D eigenvalue weighted by Gasteiger charge is -2.18. The maximum absolute atomic E-state index is 6.07. The fourth-order valence-corrected chi connectivity index (χ4v) is 4.18. The van der Waals surface area contributed by atoms with Crippen molar-refractivity contribution in [2.75, 3.05) is 25.1 Å². The first-order valence-corrected chi connectivity index (χ1v) is 10.5. The molecule has 4 heterocycles. The number of furan rings is 1. The van der Waals surface area contributed by atoms with Crippen molar-refractivity contribution in [1.29, 1.82) is 0 Å². The van der Waals surface area contributed by atoms with Crippen molar-refractivity contribution < 1.29 is 13.9 Å². The number of rotatable bonds is 8. The van der Waals surface area contributed by atoms with E-state index in [1.54, 1.807) is 12.5 Å². The van der Waals surface area contributed by atoms with E-state index >= 15 is 0 Å². The first kappa shape index (κ1) is 19.2. The fourth-order valence-electron chi connectivity index (χ4n) is 4.18. The monoisotopic (exact) mass is 406 g/mol. The van der Waals surface area contributed by atoms with Crippen LogP contribution in [0.15, 0.2) is 65.4 Å². The Hall–Kier alpha value is -2.74. The Kier molecular flexibility index (Phi) is 5.74. The molecule has 2 aliphatic heterocycles. The van der Waals surface area contributed by atoms with Gasteiger partial charge in [-0.2, -0.15) is 0 Å². The second-order valence-electron chi connectivity index (χ2n) is 7.74. The van der Waals surface area contributed by atoms with Gasteiger partial charge in [0.1, 0.15) is 17.9 Å². The molecular weight excluding hydrogens is 380 g/mol. The summed E-state index contributed by atoms with van der Waals surface area (Å²) >= 11 is 0. The molecule has 7 heteroatoms. The molecule has 0 amide bonds. The molecule has 2 saturated heterocycles. The Morgan fingerprint density at radius 1 is 0.933 bits per heavy atom. The molecule has 2 N–H and O–H groups in total. The van der Waals surface area contributed by atoms with Gasteiger partial charge in [-0.1, -0.05) is 30.3 Å². The van der Waals surface area contributed by atoms with Crippen LogP contribution in [-0.4, -0.2) is 54.0 Å². The van der Waals surface area contributed by atoms with Gasteiger partial charge >= 0.3 is 0 Å². The number of fused-ring (bicyclic) bond motifs is 1. The maximum atomic E-state index is 6.07. The van der Waals surface area contributed by atoms with Gasteiger partial charge < -0.3 is 24.5 Å². The van der Waals surface area contributed by atoms with Crippen LogP contribution in [0.2, 0.25) is 0 Å². The molecule has 0 unspecified atom stereocenters. The Labute approximate surface area is 175 Å². The summed E-state index contributed by atoms with van der Waals surface area (Å²) in [6.45, 7) is 2.18. The molecule has 1 aromatic carbocycles. The van der Waals surface area contributed by atoms with Gasteiger partial charge in [-0.25, -0.2) is 9.97 Å². The normalized spacial score (nSPS) is 25.3. The van der Waals surface area contributed by atoms with Crippen molar-refractivity contribution in [3.63, 3.8) is 0 Å². The van der Waals surface area contributed by atoms with E-state index < -0.39 is 0 Å². The molecular formula is C23H26N4O3. The number of aryl methyl sites for hydroxylation is 1. The fraction of sp³-hybridized carbons (Fsp3) is 0.391. The van der Waals surface area contributed by atoms with Crippen LogP contribution in [0, 0.1) is 0 Å². The second-order valence-corrected chi connectivity index (χ2v) is 7.74. The summed E-state index contributed by atoms with van der Waals surface area (Å²) in [4.78, 5) is 8.90. The van der Waals surface area contributed by atoms with Gasteiger partial charge in [-0.05, 0) is 43.1 Å². The molecule has 0 radical (unpaired) electrons. The summed E-state index contributed by atoms with van der Waals surface area (Å²) < 4.78 is 17.6. The number of nitrogens with zero attached hydrogens (tertiary/aromatic N) is 2. The van der Waals surface area contributed by atoms with E-state index in [0.29, 0.717) is 19.2 Å². The zero-order valence-corrected chi connectivity index (χ0v) is 16.7. The zero-order valence-electron chi connectivity index (χ0n) is 16.7. The highest BCUT2D eigenvalue weighted by atomic mass is 16.6. The van der Waals surface area contributed by atoms with Gasteiger partial charge in [-0.3, -0.25) is 0 Å². The van der Waals surface area contributed by atoms with Crippen LogP contribution in [-0.2, 0) is 15.9 Å². The highest BCUT2D eigenvalue weighted by molar-refractivity contribution is 5.53. The lowest BCUT2D eigenvalue weighted by atomic mass is 10.1. The number of hydrogen-bond donors (Lipinski definition) is 2. The predicted octanol–water partition coefficient (Wildman–Crippen LogP) is 2.91. The third kappa shape index (κ3) is 4.23. The van der Waals surface area contributed by atoms with Crippen LogP contribution in [0.1, 0.15) is 12.0 Å². The van der Waals surface area contributed by atoms with Crippen LogP contribution >= 0.6 is 0 Å². The van der Waals surface area contributed by atoms with E-state index in [1.807, 2.05) is 18.2 Å². The maximum Gasteiger partial charge on any atom is 0.223 e. The minimum Gasteiger partial charge on any atom is -0.463 e. The van der Waals surface area contributed by atoms with Crippen LogP contribution < -0.4 is 10.6 Å². The minimum absolute atomic E-state index is 0.00695. The molecule has 7 nitrogen and oxygen atoms in total. The number of anilines is 1. The van der Waals surface area contributed by atoms with Gasteiger partial charge in [0.15, 0.2) is 5.76 Å². The SMILES string of the molecule is c1ccc(CCCN[C@H]2CO[C@H]3[C@@H]2OC[C@@H]3Nc2nccc(-c3ccco3)n2)cc1. The van der Waals surface area contributed by atoms with E-state index in [2.05, 4.69) is 50.9 Å². The smallest absolute Gasteiger partial charge is 0.223 e. The third-order valence-electron chi connectivity index (χ3n) is 5.69. The van der Waals surface area contributed by atoms with E-state index in [1.165, 1.54) is 5.56 Å². The van der Waals surface area contributed by atoms with Crippen molar-refractivity contribution in [3.05, 3.63) is 66.6 Å². The van der Waals surface area contributed by atoms with Crippen molar-refractivity contribution in [1.82, 2.24) is 15.3 Å². The molecule has 5 rings (SSSR count). The van der Waals surface area contributed by atoms with Gasteiger partial charge in [0.25, 0.3) is 0 Å². The molecule has 0 aliphatic carbocycles. The third-order valence-corrected chi connectivity index (χ3v) is 5.69. The zero-order chi connectivity index (χ0) is 20.2. The topological polar surface area (TPSA) is 81.4 Å². The molecule has 2 fully saturated rings. The Bertz CT molecular complexity index is 935. The lowest BCUT2D eigenvalue weighted by Crippen LogP contribution is -2.42. The molecule has 2 aromatic heterocycles. The summed E-state index contributed by atoms with van der Waals surface area (Å²) in [6, 6.07) is 16.4. The van der Waals surface area contributed by atoms with E-state index in [-0.39, 0.29) is 24.3 Å². The molecule has 0 saturated carbocycles. The Balaban J connectivity index is 1.13. The lowest BCUT2D eigenvalue weighted by molar-refractivity contribution is 0.0676. The largest absolute Gasteiger partial charge is 0.463 e. The minimum atomic E-state index is -0.00695. The van der Waals surface area contributed by atoms with Crippen molar-refractivity contribution in [2.24, 2.45) is 0 Å². The summed E-state index contributed by atoms with van der Waals surface area (Å²) in [6.07, 6.45) is 5.57. The van der Waals surface area contributed by atoms with Crippen molar-refractivity contribution in [3.8, 4) is 11.5 Å². The van der Waals surface area contributed by atoms with Gasteiger partial charge in [0.2, 0.25) is 5.95 Å². The number of ether oxygens (including phenoxy) is 2. The first-order valence-electron chi connectivity index (χ1n) is 10.5. The van der Waals surface area contributed by atoms with E-state index in [9.17, 15) is 0 Å². The van der Waals surface area contributed by atoms with Gasteiger partial charge in [0.05, 0.1) is 31.6 Å². The quantitative estimate of drug-likeness (QED) is 0.557. The van der Waals surface area contributed by atoms with Crippen LogP contribution in [0.3, 0.4) is 0 Å². The summed E-state index contributed by atoms with van der Waals surface area (Å²) in [7, 11) is 0. The average molecular weight is 406 g/mol. The Morgan fingerprint density at radius 3 is 2.60 bits per heavy atom. The molecule has 0 bridgehead atoms. The second kappa shape index (κ2) is 8.95. The standard InChI is InChI=1S/C23H26N4O3/c1-2-6-16(7-3-1)8-4-11-24-18-14-29-22-19(15-30-21(18)22)27-23-25-12-10-17(26-23)20-9-5-13-28-20/h1-3,5-7,9-10,12-13,18-19,21-22,24H,4,8,11,14-15H2,(H,25,26,27)/t18-,19-,21+,22+/m0/s1. The van der Waals surface area contributed by atoms with E-state index in [0.717, 1.165) is 30.8 Å². The number of nitrogens with one attached hydrogen (secondary N) is 2. The highest BCUT2D eigenvalue weighted by Gasteiger charge is 2.47. The molecule has 156 valence electrons. The van der Waals surface area contributed by atoms with Crippen LogP contribution in [0.25, 0.3) is 11.5 Å². The summed E-state index contributed by atoms with van der Waals surface area (Å²) in [5.74, 6) is 1.28.